The van der Waals surface area contributed by atoms with E-state index in [1.807, 2.05) is 18.2 Å². The molecule has 30 heavy (non-hydrogen) atoms. The van der Waals surface area contributed by atoms with Crippen molar-refractivity contribution in [1.29, 1.82) is 0 Å². The van der Waals surface area contributed by atoms with Crippen molar-refractivity contribution in [2.24, 2.45) is 0 Å². The van der Waals surface area contributed by atoms with E-state index in [2.05, 4.69) is 56.4 Å². The van der Waals surface area contributed by atoms with Gasteiger partial charge in [-0.25, -0.2) is 9.37 Å². The monoisotopic (exact) mass is 401 g/mol. The van der Waals surface area contributed by atoms with Crippen LogP contribution >= 0.6 is 0 Å². The summed E-state index contributed by atoms with van der Waals surface area (Å²) in [7, 11) is 2.17. The second-order valence-electron chi connectivity index (χ2n) is 7.78. The molecule has 0 spiro atoms. The van der Waals surface area contributed by atoms with E-state index >= 15 is 0 Å². The third kappa shape index (κ3) is 3.74. The first-order chi connectivity index (χ1) is 14.7. The van der Waals surface area contributed by atoms with Crippen LogP contribution in [0, 0.1) is 5.82 Å². The summed E-state index contributed by atoms with van der Waals surface area (Å²) >= 11 is 0. The van der Waals surface area contributed by atoms with Gasteiger partial charge in [0, 0.05) is 60.4 Å². The van der Waals surface area contributed by atoms with Crippen LogP contribution in [0.15, 0.2) is 66.9 Å². The molecule has 1 aliphatic heterocycles. The van der Waals surface area contributed by atoms with Crippen LogP contribution in [0.1, 0.15) is 0 Å². The number of pyridine rings is 1. The lowest BCUT2D eigenvalue weighted by Gasteiger charge is -2.34. The molecule has 0 aliphatic carbocycles. The zero-order valence-electron chi connectivity index (χ0n) is 16.9. The smallest absolute Gasteiger partial charge is 0.139 e. The van der Waals surface area contributed by atoms with Crippen LogP contribution in [-0.2, 0) is 0 Å². The maximum Gasteiger partial charge on any atom is 0.139 e. The Hall–Kier alpha value is -3.38. The Kier molecular flexibility index (Phi) is 4.85. The van der Waals surface area contributed by atoms with E-state index in [1.165, 1.54) is 17.8 Å². The van der Waals surface area contributed by atoms with E-state index in [0.29, 0.717) is 0 Å². The third-order valence-electron chi connectivity index (χ3n) is 5.68. The number of halogens is 1. The van der Waals surface area contributed by atoms with Gasteiger partial charge in [0.15, 0.2) is 0 Å². The summed E-state index contributed by atoms with van der Waals surface area (Å²) in [6.45, 7) is 4.28. The molecule has 5 rings (SSSR count). The molecule has 0 unspecified atom stereocenters. The van der Waals surface area contributed by atoms with Crippen molar-refractivity contribution >= 4 is 28.1 Å². The zero-order chi connectivity index (χ0) is 20.5. The van der Waals surface area contributed by atoms with Crippen LogP contribution in [0.5, 0.6) is 0 Å². The lowest BCUT2D eigenvalue weighted by atomic mass is 10.1. The summed E-state index contributed by atoms with van der Waals surface area (Å²) in [5.41, 5.74) is 4.87. The Balaban J connectivity index is 1.39. The van der Waals surface area contributed by atoms with Gasteiger partial charge in [0.1, 0.15) is 11.6 Å². The molecule has 0 atom stereocenters. The minimum atomic E-state index is -0.247. The first kappa shape index (κ1) is 18.6. The molecule has 6 heteroatoms. The molecular weight excluding hydrogens is 377 g/mol. The van der Waals surface area contributed by atoms with Crippen LogP contribution in [-0.4, -0.2) is 48.1 Å². The Morgan fingerprint density at radius 1 is 0.967 bits per heavy atom. The van der Waals surface area contributed by atoms with Gasteiger partial charge in [-0.1, -0.05) is 12.1 Å². The number of nitrogens with zero attached hydrogens (tertiary/aromatic N) is 3. The van der Waals surface area contributed by atoms with Gasteiger partial charge in [-0.05, 0) is 55.6 Å². The van der Waals surface area contributed by atoms with Gasteiger partial charge in [-0.3, -0.25) is 0 Å². The number of benzene rings is 2. The van der Waals surface area contributed by atoms with E-state index in [-0.39, 0.29) is 5.82 Å². The quantitative estimate of drug-likeness (QED) is 0.512. The summed E-state index contributed by atoms with van der Waals surface area (Å²) < 4.78 is 13.6. The Bertz CT molecular complexity index is 1160. The molecule has 4 aromatic rings. The van der Waals surface area contributed by atoms with Gasteiger partial charge in [-0.15, -0.1) is 0 Å². The molecule has 0 radical (unpaired) electrons. The molecule has 0 bridgehead atoms. The summed E-state index contributed by atoms with van der Waals surface area (Å²) in [5, 5.41) is 4.40. The fraction of sp³-hybridized carbons (Fsp3) is 0.208. The molecule has 2 N–H and O–H groups in total. The molecule has 0 saturated carbocycles. The number of nitrogens with one attached hydrogen (secondary N) is 2. The van der Waals surface area contributed by atoms with E-state index in [9.17, 15) is 4.39 Å². The Labute approximate surface area is 175 Å². The number of likely N-dealkylation sites (N-methyl/N-ethyl adjacent to an activating group) is 1. The fourth-order valence-corrected chi connectivity index (χ4v) is 3.92. The second kappa shape index (κ2) is 7.80. The number of aromatic nitrogens is 2. The third-order valence-corrected chi connectivity index (χ3v) is 5.68. The fourth-order valence-electron chi connectivity index (χ4n) is 3.92. The van der Waals surface area contributed by atoms with Gasteiger partial charge in [0.05, 0.1) is 5.52 Å². The van der Waals surface area contributed by atoms with Crippen molar-refractivity contribution in [3.8, 4) is 11.3 Å². The van der Waals surface area contributed by atoms with Gasteiger partial charge >= 0.3 is 0 Å². The molecule has 0 amide bonds. The highest BCUT2D eigenvalue weighted by molar-refractivity contribution is 5.95. The Morgan fingerprint density at radius 2 is 1.77 bits per heavy atom. The topological polar surface area (TPSA) is 47.2 Å². The van der Waals surface area contributed by atoms with Crippen molar-refractivity contribution in [2.75, 3.05) is 43.4 Å². The molecule has 152 valence electrons. The summed E-state index contributed by atoms with van der Waals surface area (Å²) in [4.78, 5) is 12.7. The first-order valence-corrected chi connectivity index (χ1v) is 10.2. The highest BCUT2D eigenvalue weighted by Crippen LogP contribution is 2.30. The number of anilines is 3. The lowest BCUT2D eigenvalue weighted by Crippen LogP contribution is -2.44. The standard InChI is InChI=1S/C24H24FN5/c1-29-11-13-30(14-12-29)20-7-5-19(6-8-20)27-24-21-16-23(28-22(21)9-10-26-24)17-3-2-4-18(25)15-17/h2-10,15-16,28H,11-14H2,1H3,(H,26,27). The van der Waals surface area contributed by atoms with Crippen LogP contribution in [0.2, 0.25) is 0 Å². The van der Waals surface area contributed by atoms with Gasteiger partial charge in [-0.2, -0.15) is 0 Å². The van der Waals surface area contributed by atoms with Gasteiger partial charge in [0.2, 0.25) is 0 Å². The average Bonchev–Trinajstić information content (AvgIpc) is 3.21. The number of rotatable bonds is 4. The van der Waals surface area contributed by atoms with E-state index in [4.69, 9.17) is 0 Å². The number of H-pyrrole nitrogens is 1. The van der Waals surface area contributed by atoms with Crippen molar-refractivity contribution in [3.05, 3.63) is 72.7 Å². The van der Waals surface area contributed by atoms with Crippen molar-refractivity contribution in [3.63, 3.8) is 0 Å². The normalized spacial score (nSPS) is 14.9. The van der Waals surface area contributed by atoms with Crippen molar-refractivity contribution < 1.29 is 4.39 Å². The largest absolute Gasteiger partial charge is 0.369 e. The molecule has 2 aromatic carbocycles. The number of fused-ring (bicyclic) bond motifs is 1. The van der Waals surface area contributed by atoms with Crippen LogP contribution in [0.3, 0.4) is 0 Å². The molecule has 5 nitrogen and oxygen atoms in total. The summed E-state index contributed by atoms with van der Waals surface area (Å²) in [6, 6.07) is 19.0. The molecular formula is C24H24FN5. The average molecular weight is 401 g/mol. The maximum absolute atomic E-state index is 13.6. The van der Waals surface area contributed by atoms with Crippen molar-refractivity contribution in [1.82, 2.24) is 14.9 Å². The maximum atomic E-state index is 13.6. The van der Waals surface area contributed by atoms with E-state index in [1.54, 1.807) is 12.3 Å². The molecule has 1 fully saturated rings. The lowest BCUT2D eigenvalue weighted by molar-refractivity contribution is 0.313. The first-order valence-electron chi connectivity index (χ1n) is 10.2. The van der Waals surface area contributed by atoms with Gasteiger partial charge < -0.3 is 20.1 Å². The molecule has 2 aromatic heterocycles. The number of aromatic amines is 1. The SMILES string of the molecule is CN1CCN(c2ccc(Nc3nccc4[nH]c(-c5cccc(F)c5)cc34)cc2)CC1. The van der Waals surface area contributed by atoms with Gasteiger partial charge in [0.25, 0.3) is 0 Å². The van der Waals surface area contributed by atoms with Crippen LogP contribution in [0.25, 0.3) is 22.2 Å². The summed E-state index contributed by atoms with van der Waals surface area (Å²) in [5.74, 6) is 0.529. The number of piperazine rings is 1. The predicted octanol–water partition coefficient (Wildman–Crippen LogP) is 4.86. The Morgan fingerprint density at radius 3 is 2.53 bits per heavy atom. The molecule has 1 saturated heterocycles. The van der Waals surface area contributed by atoms with Crippen molar-refractivity contribution in [2.45, 2.75) is 0 Å². The minimum absolute atomic E-state index is 0.247. The number of hydrogen-bond acceptors (Lipinski definition) is 4. The predicted molar refractivity (Wildman–Crippen MR) is 121 cm³/mol. The minimum Gasteiger partial charge on any atom is -0.369 e. The summed E-state index contributed by atoms with van der Waals surface area (Å²) in [6.07, 6.45) is 1.77. The highest BCUT2D eigenvalue weighted by Gasteiger charge is 2.14. The van der Waals surface area contributed by atoms with E-state index < -0.39 is 0 Å². The molecule has 3 heterocycles. The zero-order valence-corrected chi connectivity index (χ0v) is 16.9. The highest BCUT2D eigenvalue weighted by atomic mass is 19.1. The van der Waals surface area contributed by atoms with E-state index in [0.717, 1.165) is 59.8 Å². The second-order valence-corrected chi connectivity index (χ2v) is 7.78. The number of hydrogen-bond donors (Lipinski definition) is 2. The van der Waals surface area contributed by atoms with Crippen LogP contribution in [0.4, 0.5) is 21.6 Å². The van der Waals surface area contributed by atoms with Crippen LogP contribution < -0.4 is 10.2 Å². The molecule has 1 aliphatic rings.